The number of benzene rings is 2. The minimum absolute atomic E-state index is 0.123. The van der Waals surface area contributed by atoms with Gasteiger partial charge in [0.25, 0.3) is 5.89 Å². The Morgan fingerprint density at radius 3 is 2.64 bits per heavy atom. The third kappa shape index (κ3) is 3.65. The van der Waals surface area contributed by atoms with Crippen LogP contribution in [-0.2, 0) is 22.7 Å². The van der Waals surface area contributed by atoms with Crippen LogP contribution < -0.4 is 0 Å². The molecule has 28 heavy (non-hydrogen) atoms. The molecule has 0 saturated carbocycles. The molecule has 0 aliphatic heterocycles. The van der Waals surface area contributed by atoms with Gasteiger partial charge in [-0.25, -0.2) is 4.79 Å². The van der Waals surface area contributed by atoms with Crippen LogP contribution >= 0.6 is 0 Å². The lowest BCUT2D eigenvalue weighted by atomic mass is 10.1. The molecule has 0 N–H and O–H groups in total. The van der Waals surface area contributed by atoms with Gasteiger partial charge in [0, 0.05) is 23.1 Å². The Kier molecular flexibility index (Phi) is 5.16. The summed E-state index contributed by atoms with van der Waals surface area (Å²) in [5, 5.41) is 4.74. The number of carbonyl (C=O) groups is 1. The van der Waals surface area contributed by atoms with E-state index in [0.717, 1.165) is 10.9 Å². The van der Waals surface area contributed by atoms with Crippen LogP contribution in [0.2, 0.25) is 0 Å². The number of hydrogen-bond acceptors (Lipinski definition) is 7. The van der Waals surface area contributed by atoms with Crippen LogP contribution in [0.5, 0.6) is 0 Å². The van der Waals surface area contributed by atoms with Crippen LogP contribution in [0.4, 0.5) is 0 Å². The number of aromatic nitrogens is 2. The molecular weight excluding hydrogens is 360 g/mol. The topological polar surface area (TPSA) is 87.6 Å². The van der Waals surface area contributed by atoms with Gasteiger partial charge in [-0.15, -0.1) is 0 Å². The number of esters is 1. The molecule has 0 aliphatic rings. The van der Waals surface area contributed by atoms with E-state index >= 15 is 0 Å². The first-order valence-electron chi connectivity index (χ1n) is 8.89. The van der Waals surface area contributed by atoms with Crippen LogP contribution in [0.3, 0.4) is 0 Å². The Balaban J connectivity index is 1.50. The van der Waals surface area contributed by atoms with Gasteiger partial charge in [-0.3, -0.25) is 0 Å². The van der Waals surface area contributed by atoms with E-state index in [-0.39, 0.29) is 24.9 Å². The minimum atomic E-state index is -0.606. The highest BCUT2D eigenvalue weighted by atomic mass is 16.6. The molecule has 4 aromatic rings. The molecule has 0 spiro atoms. The summed E-state index contributed by atoms with van der Waals surface area (Å²) < 4.78 is 21.7. The highest BCUT2D eigenvalue weighted by Crippen LogP contribution is 2.27. The molecule has 0 unspecified atom stereocenters. The number of rotatable bonds is 7. The zero-order valence-electron chi connectivity index (χ0n) is 15.3. The molecule has 0 radical (unpaired) electrons. The fourth-order valence-electron chi connectivity index (χ4n) is 2.82. The van der Waals surface area contributed by atoms with Crippen LogP contribution in [0.1, 0.15) is 28.9 Å². The quantitative estimate of drug-likeness (QED) is 0.441. The lowest BCUT2D eigenvalue weighted by Crippen LogP contribution is -2.08. The van der Waals surface area contributed by atoms with Gasteiger partial charge < -0.3 is 18.4 Å². The number of para-hydroxylation sites is 1. The van der Waals surface area contributed by atoms with Crippen molar-refractivity contribution in [1.29, 1.82) is 0 Å². The lowest BCUT2D eigenvalue weighted by Gasteiger charge is -2.03. The van der Waals surface area contributed by atoms with Crippen LogP contribution in [0, 0.1) is 0 Å². The molecule has 0 fully saturated rings. The molecular formula is C21H18N2O5. The monoisotopic (exact) mass is 378 g/mol. The summed E-state index contributed by atoms with van der Waals surface area (Å²) in [7, 11) is 0. The largest absolute Gasteiger partial charge is 0.450 e. The fraction of sp³-hybridized carbons (Fsp3) is 0.190. The molecule has 2 aromatic heterocycles. The number of carbonyl (C=O) groups excluding carboxylic acids is 1. The summed E-state index contributed by atoms with van der Waals surface area (Å²) in [6.07, 6.45) is 0. The first kappa shape index (κ1) is 17.9. The third-order valence-electron chi connectivity index (χ3n) is 4.16. The summed E-state index contributed by atoms with van der Waals surface area (Å²) in [6.45, 7) is 2.53. The minimum Gasteiger partial charge on any atom is -0.450 e. The van der Waals surface area contributed by atoms with Crippen molar-refractivity contribution < 1.29 is 23.2 Å². The Morgan fingerprint density at radius 1 is 1.04 bits per heavy atom. The van der Waals surface area contributed by atoms with Crippen molar-refractivity contribution in [3.63, 3.8) is 0 Å². The van der Waals surface area contributed by atoms with Crippen molar-refractivity contribution in [2.45, 2.75) is 20.1 Å². The van der Waals surface area contributed by atoms with E-state index in [2.05, 4.69) is 10.1 Å². The van der Waals surface area contributed by atoms with Crippen molar-refractivity contribution in [2.24, 2.45) is 0 Å². The molecule has 4 rings (SSSR count). The average molecular weight is 378 g/mol. The van der Waals surface area contributed by atoms with E-state index in [1.807, 2.05) is 55.5 Å². The van der Waals surface area contributed by atoms with Gasteiger partial charge in [0.05, 0.1) is 6.61 Å². The summed E-state index contributed by atoms with van der Waals surface area (Å²) in [6, 6.07) is 16.8. The van der Waals surface area contributed by atoms with E-state index in [4.69, 9.17) is 18.4 Å². The van der Waals surface area contributed by atoms with Crippen LogP contribution in [-0.4, -0.2) is 22.7 Å². The van der Waals surface area contributed by atoms with Crippen LogP contribution in [0.15, 0.2) is 63.5 Å². The second-order valence-electron chi connectivity index (χ2n) is 6.00. The summed E-state index contributed by atoms with van der Waals surface area (Å²) in [4.78, 5) is 16.8. The molecule has 0 saturated heterocycles. The number of nitrogens with zero attached hydrogens (tertiary/aromatic N) is 2. The SMILES string of the molecule is CCOCc1c(C(=O)OCc2nc(-c3ccccc3)no2)oc2ccccc12. The maximum absolute atomic E-state index is 12.6. The van der Waals surface area contributed by atoms with Crippen molar-refractivity contribution in [3.8, 4) is 11.4 Å². The van der Waals surface area contributed by atoms with Crippen molar-refractivity contribution in [2.75, 3.05) is 6.61 Å². The van der Waals surface area contributed by atoms with E-state index in [1.54, 1.807) is 6.07 Å². The Morgan fingerprint density at radius 2 is 1.82 bits per heavy atom. The van der Waals surface area contributed by atoms with Crippen molar-refractivity contribution >= 4 is 16.9 Å². The summed E-state index contributed by atoms with van der Waals surface area (Å²) >= 11 is 0. The zero-order chi connectivity index (χ0) is 19.3. The molecule has 0 amide bonds. The Labute approximate surface area is 160 Å². The molecule has 2 aromatic carbocycles. The smallest absolute Gasteiger partial charge is 0.375 e. The van der Waals surface area contributed by atoms with Gasteiger partial charge in [-0.2, -0.15) is 4.98 Å². The van der Waals surface area contributed by atoms with E-state index < -0.39 is 5.97 Å². The summed E-state index contributed by atoms with van der Waals surface area (Å²) in [5.74, 6) is 0.157. The van der Waals surface area contributed by atoms with Gasteiger partial charge in [-0.05, 0) is 13.0 Å². The second-order valence-corrected chi connectivity index (χ2v) is 6.00. The van der Waals surface area contributed by atoms with Gasteiger partial charge in [-0.1, -0.05) is 53.7 Å². The van der Waals surface area contributed by atoms with Crippen molar-refractivity contribution in [3.05, 3.63) is 71.8 Å². The number of fused-ring (bicyclic) bond motifs is 1. The fourth-order valence-corrected chi connectivity index (χ4v) is 2.82. The van der Waals surface area contributed by atoms with Gasteiger partial charge in [0.2, 0.25) is 11.6 Å². The first-order chi connectivity index (χ1) is 13.8. The predicted octanol–water partition coefficient (Wildman–Crippen LogP) is 4.38. The number of hydrogen-bond donors (Lipinski definition) is 0. The first-order valence-corrected chi connectivity index (χ1v) is 8.89. The average Bonchev–Trinajstić information content (AvgIpc) is 3.36. The molecule has 2 heterocycles. The molecule has 0 bridgehead atoms. The van der Waals surface area contributed by atoms with E-state index in [0.29, 0.717) is 23.6 Å². The van der Waals surface area contributed by atoms with Gasteiger partial charge >= 0.3 is 5.97 Å². The molecule has 0 aliphatic carbocycles. The van der Waals surface area contributed by atoms with Crippen molar-refractivity contribution in [1.82, 2.24) is 10.1 Å². The zero-order valence-corrected chi connectivity index (χ0v) is 15.3. The Bertz CT molecular complexity index is 1080. The molecule has 0 atom stereocenters. The van der Waals surface area contributed by atoms with Crippen LogP contribution in [0.25, 0.3) is 22.4 Å². The highest BCUT2D eigenvalue weighted by Gasteiger charge is 2.22. The van der Waals surface area contributed by atoms with E-state index in [9.17, 15) is 4.79 Å². The highest BCUT2D eigenvalue weighted by molar-refractivity contribution is 5.96. The number of furan rings is 1. The molecule has 7 nitrogen and oxygen atoms in total. The standard InChI is InChI=1S/C21H18N2O5/c1-2-25-12-16-15-10-6-7-11-17(15)27-19(16)21(24)26-13-18-22-20(23-28-18)14-8-4-3-5-9-14/h3-11H,2,12-13H2,1H3. The Hall–Kier alpha value is -3.45. The normalized spacial score (nSPS) is 11.0. The molecule has 142 valence electrons. The third-order valence-corrected chi connectivity index (χ3v) is 4.16. The summed E-state index contributed by atoms with van der Waals surface area (Å²) in [5.41, 5.74) is 2.09. The lowest BCUT2D eigenvalue weighted by molar-refractivity contribution is 0.0388. The maximum Gasteiger partial charge on any atom is 0.375 e. The maximum atomic E-state index is 12.6. The number of ether oxygens (including phenoxy) is 2. The predicted molar refractivity (Wildman–Crippen MR) is 100 cm³/mol. The van der Waals surface area contributed by atoms with Gasteiger partial charge in [0.15, 0.2) is 6.61 Å². The second kappa shape index (κ2) is 8.06. The van der Waals surface area contributed by atoms with E-state index in [1.165, 1.54) is 0 Å². The van der Waals surface area contributed by atoms with Gasteiger partial charge in [0.1, 0.15) is 5.58 Å². The molecule has 7 heteroatoms.